The third-order valence-electron chi connectivity index (χ3n) is 9.38. The number of rotatable bonds is 5. The number of benzene rings is 3. The molecule has 3 heterocycles. The molecule has 0 radical (unpaired) electrons. The zero-order chi connectivity index (χ0) is 29.8. The van der Waals surface area contributed by atoms with Gasteiger partial charge in [0.25, 0.3) is 0 Å². The van der Waals surface area contributed by atoms with Crippen LogP contribution in [0.15, 0.2) is 109 Å². The molecule has 44 heavy (non-hydrogen) atoms. The van der Waals surface area contributed by atoms with Gasteiger partial charge in [0, 0.05) is 28.4 Å². The Morgan fingerprint density at radius 3 is 2.32 bits per heavy atom. The summed E-state index contributed by atoms with van der Waals surface area (Å²) in [6, 6.07) is 28.1. The molecule has 1 atom stereocenters. The Labute approximate surface area is 256 Å². The number of aromatic nitrogens is 3. The number of allylic oxidation sites excluding steroid dienone is 3. The van der Waals surface area contributed by atoms with Crippen molar-refractivity contribution < 1.29 is 4.79 Å². The van der Waals surface area contributed by atoms with Crippen molar-refractivity contribution in [2.24, 2.45) is 17.4 Å². The number of nitrogens with one attached hydrogen (secondary N) is 1. The van der Waals surface area contributed by atoms with E-state index in [1.54, 1.807) is 12.1 Å². The van der Waals surface area contributed by atoms with Crippen LogP contribution in [0, 0.1) is 5.92 Å². The lowest BCUT2D eigenvalue weighted by atomic mass is 9.66. The normalized spacial score (nSPS) is 17.7. The molecule has 7 heteroatoms. The molecule has 2 aliphatic carbocycles. The summed E-state index contributed by atoms with van der Waals surface area (Å²) in [4.78, 5) is 21.6. The highest BCUT2D eigenvalue weighted by atomic mass is 16.1. The zero-order valence-electron chi connectivity index (χ0n) is 24.2. The number of imidazole rings is 1. The molecule has 3 aromatic carbocycles. The quantitative estimate of drug-likeness (QED) is 0.200. The summed E-state index contributed by atoms with van der Waals surface area (Å²) in [5.41, 5.74) is 21.6. The molecule has 1 unspecified atom stereocenters. The molecule has 8 rings (SSSR count). The first-order valence-corrected chi connectivity index (χ1v) is 15.1. The van der Waals surface area contributed by atoms with E-state index in [0.29, 0.717) is 11.5 Å². The smallest absolute Gasteiger partial charge is 0.248 e. The average Bonchev–Trinajstić information content (AvgIpc) is 3.38. The van der Waals surface area contributed by atoms with E-state index >= 15 is 0 Å². The van der Waals surface area contributed by atoms with Gasteiger partial charge < -0.3 is 16.8 Å². The summed E-state index contributed by atoms with van der Waals surface area (Å²) in [5.74, 6) is 1.56. The Hall–Kier alpha value is -5.27. The van der Waals surface area contributed by atoms with Gasteiger partial charge in [-0.15, -0.1) is 0 Å². The number of carbonyl (C=O) groups excluding carboxylic acids is 1. The highest BCUT2D eigenvalue weighted by Crippen LogP contribution is 2.46. The average molecular weight is 577 g/mol. The summed E-state index contributed by atoms with van der Waals surface area (Å²) in [6.07, 6.45) is 13.0. The van der Waals surface area contributed by atoms with Crippen LogP contribution in [0.3, 0.4) is 0 Å². The van der Waals surface area contributed by atoms with Gasteiger partial charge in [0.05, 0.1) is 22.8 Å². The van der Waals surface area contributed by atoms with E-state index in [9.17, 15) is 4.79 Å². The maximum absolute atomic E-state index is 11.5. The maximum Gasteiger partial charge on any atom is 0.248 e. The van der Waals surface area contributed by atoms with Crippen molar-refractivity contribution in [3.63, 3.8) is 0 Å². The Balaban J connectivity index is 1.29. The molecule has 1 fully saturated rings. The second kappa shape index (κ2) is 10.2. The number of anilines is 2. The standard InChI is InChI=1S/C37H32N6O/c38-34(44)27-14-10-24(11-15-27)23-8-12-25(13-9-23)32-33(26-16-18-28(19-17-26)37(39)20-4-21-37)43-31-7-3-22-40-35(31)41-30-6-2-1-5-29(30)36(43)42-32/h1-3,5-18,22,28H,4,19-21,39H2,(H2,38,44)(H,40,41). The first kappa shape index (κ1) is 26.4. The molecule has 216 valence electrons. The molecule has 1 amide bonds. The van der Waals surface area contributed by atoms with E-state index in [0.717, 1.165) is 81.5 Å². The van der Waals surface area contributed by atoms with Gasteiger partial charge in [0.1, 0.15) is 5.82 Å². The number of amides is 1. The molecule has 0 spiro atoms. The van der Waals surface area contributed by atoms with Gasteiger partial charge in [-0.1, -0.05) is 66.8 Å². The SMILES string of the molecule is NC(=O)c1ccc(-c2ccc(-c3nc4n(c3C3=CCC(C5(N)CCC5)C=C3)-c3cccnc3Nc3ccccc3-4)cc2)cc1. The number of fused-ring (bicyclic) bond motifs is 5. The number of nitrogens with two attached hydrogens (primary N) is 2. The summed E-state index contributed by atoms with van der Waals surface area (Å²) < 4.78 is 2.25. The van der Waals surface area contributed by atoms with E-state index in [-0.39, 0.29) is 5.54 Å². The first-order valence-electron chi connectivity index (χ1n) is 15.1. The number of para-hydroxylation sites is 1. The van der Waals surface area contributed by atoms with Gasteiger partial charge in [-0.3, -0.25) is 9.36 Å². The second-order valence-electron chi connectivity index (χ2n) is 12.0. The van der Waals surface area contributed by atoms with Crippen LogP contribution in [0.25, 0.3) is 45.0 Å². The van der Waals surface area contributed by atoms with E-state index in [2.05, 4.69) is 70.6 Å². The van der Waals surface area contributed by atoms with Gasteiger partial charge in [-0.05, 0) is 84.7 Å². The Kier molecular flexibility index (Phi) is 6.10. The molecule has 3 aliphatic rings. The Morgan fingerprint density at radius 2 is 1.64 bits per heavy atom. The lowest BCUT2D eigenvalue weighted by Gasteiger charge is -2.44. The van der Waals surface area contributed by atoms with Crippen LogP contribution in [0.1, 0.15) is 41.7 Å². The fourth-order valence-corrected chi connectivity index (χ4v) is 6.72. The summed E-state index contributed by atoms with van der Waals surface area (Å²) >= 11 is 0. The predicted molar refractivity (Wildman–Crippen MR) is 175 cm³/mol. The minimum absolute atomic E-state index is 0.0967. The monoisotopic (exact) mass is 576 g/mol. The van der Waals surface area contributed by atoms with Crippen LogP contribution in [0.5, 0.6) is 0 Å². The molecular weight excluding hydrogens is 544 g/mol. The second-order valence-corrected chi connectivity index (χ2v) is 12.0. The van der Waals surface area contributed by atoms with Gasteiger partial charge in [0.2, 0.25) is 5.91 Å². The number of nitrogens with zero attached hydrogens (tertiary/aromatic N) is 3. The highest BCUT2D eigenvalue weighted by molar-refractivity contribution is 5.94. The maximum atomic E-state index is 11.5. The van der Waals surface area contributed by atoms with Crippen LogP contribution in [-0.2, 0) is 0 Å². The van der Waals surface area contributed by atoms with Gasteiger partial charge >= 0.3 is 0 Å². The third-order valence-corrected chi connectivity index (χ3v) is 9.38. The zero-order valence-corrected chi connectivity index (χ0v) is 24.2. The molecular formula is C37H32N6O. The number of hydrogen-bond acceptors (Lipinski definition) is 5. The topological polar surface area (TPSA) is 112 Å². The fourth-order valence-electron chi connectivity index (χ4n) is 6.72. The first-order chi connectivity index (χ1) is 21.5. The molecule has 0 saturated heterocycles. The summed E-state index contributed by atoms with van der Waals surface area (Å²) in [6.45, 7) is 0. The molecule has 5 aromatic rings. The predicted octanol–water partition coefficient (Wildman–Crippen LogP) is 7.27. The van der Waals surface area contributed by atoms with Crippen LogP contribution >= 0.6 is 0 Å². The molecule has 1 saturated carbocycles. The van der Waals surface area contributed by atoms with Crippen molar-refractivity contribution in [1.29, 1.82) is 0 Å². The summed E-state index contributed by atoms with van der Waals surface area (Å²) in [5, 5.41) is 3.55. The third kappa shape index (κ3) is 4.28. The van der Waals surface area contributed by atoms with Crippen LogP contribution in [0.4, 0.5) is 11.5 Å². The van der Waals surface area contributed by atoms with Crippen molar-refractivity contribution in [3.05, 3.63) is 121 Å². The van der Waals surface area contributed by atoms with Crippen LogP contribution in [0.2, 0.25) is 0 Å². The molecule has 0 bridgehead atoms. The Morgan fingerprint density at radius 1 is 0.909 bits per heavy atom. The van der Waals surface area contributed by atoms with Gasteiger partial charge in [-0.2, -0.15) is 0 Å². The van der Waals surface area contributed by atoms with E-state index in [4.69, 9.17) is 21.4 Å². The van der Waals surface area contributed by atoms with Crippen molar-refractivity contribution in [1.82, 2.24) is 14.5 Å². The van der Waals surface area contributed by atoms with E-state index < -0.39 is 5.91 Å². The Bertz CT molecular complexity index is 1980. The van der Waals surface area contributed by atoms with E-state index in [1.807, 2.05) is 36.5 Å². The number of carbonyl (C=O) groups is 1. The molecule has 5 N–H and O–H groups in total. The van der Waals surface area contributed by atoms with Crippen molar-refractivity contribution in [2.45, 2.75) is 31.2 Å². The van der Waals surface area contributed by atoms with Crippen LogP contribution in [-0.4, -0.2) is 26.0 Å². The molecule has 1 aliphatic heterocycles. The number of primary amides is 1. The lowest BCUT2D eigenvalue weighted by Crippen LogP contribution is -2.52. The van der Waals surface area contributed by atoms with Crippen molar-refractivity contribution >= 4 is 23.0 Å². The van der Waals surface area contributed by atoms with Crippen LogP contribution < -0.4 is 16.8 Å². The largest absolute Gasteiger partial charge is 0.366 e. The summed E-state index contributed by atoms with van der Waals surface area (Å²) in [7, 11) is 0. The fraction of sp³-hybridized carbons (Fsp3) is 0.162. The van der Waals surface area contributed by atoms with Crippen molar-refractivity contribution in [3.8, 4) is 39.5 Å². The van der Waals surface area contributed by atoms with Crippen molar-refractivity contribution in [2.75, 3.05) is 5.32 Å². The molecule has 7 nitrogen and oxygen atoms in total. The number of hydrogen-bond donors (Lipinski definition) is 3. The minimum Gasteiger partial charge on any atom is -0.366 e. The molecule has 2 aromatic heterocycles. The number of pyridine rings is 1. The lowest BCUT2D eigenvalue weighted by molar-refractivity contribution is 0.100. The van der Waals surface area contributed by atoms with E-state index in [1.165, 1.54) is 6.42 Å². The highest BCUT2D eigenvalue weighted by Gasteiger charge is 2.39. The van der Waals surface area contributed by atoms with Gasteiger partial charge in [-0.25, -0.2) is 9.97 Å². The van der Waals surface area contributed by atoms with Gasteiger partial charge in [0.15, 0.2) is 5.82 Å². The minimum atomic E-state index is -0.431.